The molecule has 152 valence electrons. The molecule has 0 aliphatic carbocycles. The molecule has 0 aromatic carbocycles. The molecular weight excluding hydrogens is 399 g/mol. The normalized spacial score (nSPS) is 25.5. The average molecular weight is 417 g/mol. The van der Waals surface area contributed by atoms with Crippen molar-refractivity contribution in [1.29, 1.82) is 5.26 Å². The number of nitrogens with zero attached hydrogens (tertiary/aromatic N) is 3. The highest BCUT2D eigenvalue weighted by molar-refractivity contribution is 7.87. The number of alkyl halides is 3. The summed E-state index contributed by atoms with van der Waals surface area (Å²) in [4.78, 5) is 3.72. The van der Waals surface area contributed by atoms with Crippen LogP contribution in [0.15, 0.2) is 47.5 Å². The molecule has 2 atom stereocenters. The van der Waals surface area contributed by atoms with Crippen LogP contribution >= 0.6 is 0 Å². The molecule has 0 aromatic heterocycles. The highest BCUT2D eigenvalue weighted by Crippen LogP contribution is 2.32. The van der Waals surface area contributed by atoms with Crippen LogP contribution in [0.3, 0.4) is 0 Å². The van der Waals surface area contributed by atoms with Gasteiger partial charge in [0.2, 0.25) is 0 Å². The van der Waals surface area contributed by atoms with Gasteiger partial charge in [-0.15, -0.1) is 0 Å². The summed E-state index contributed by atoms with van der Waals surface area (Å²) in [6.07, 6.45) is 7.83. The minimum atomic E-state index is -5.67. The zero-order valence-electron chi connectivity index (χ0n) is 14.9. The van der Waals surface area contributed by atoms with Gasteiger partial charge in [-0.1, -0.05) is 12.2 Å². The summed E-state index contributed by atoms with van der Waals surface area (Å²) in [7, 11) is -5.67. The highest BCUT2D eigenvalue weighted by Gasteiger charge is 2.48. The van der Waals surface area contributed by atoms with E-state index in [0.29, 0.717) is 18.8 Å². The molecule has 0 N–H and O–H groups in total. The lowest BCUT2D eigenvalue weighted by atomic mass is 10.1. The quantitative estimate of drug-likeness (QED) is 0.511. The molecule has 7 nitrogen and oxygen atoms in total. The van der Waals surface area contributed by atoms with E-state index in [2.05, 4.69) is 10.3 Å². The van der Waals surface area contributed by atoms with Gasteiger partial charge in [-0.25, -0.2) is 0 Å². The molecule has 3 rings (SSSR count). The summed E-state index contributed by atoms with van der Waals surface area (Å²) in [6, 6.07) is 2.13. The van der Waals surface area contributed by atoms with Gasteiger partial charge < -0.3 is 14.5 Å². The van der Waals surface area contributed by atoms with Crippen LogP contribution in [0.2, 0.25) is 0 Å². The van der Waals surface area contributed by atoms with Crippen LogP contribution in [-0.2, 0) is 19.0 Å². The van der Waals surface area contributed by atoms with Crippen LogP contribution in [0.25, 0.3) is 0 Å². The van der Waals surface area contributed by atoms with E-state index in [-0.39, 0.29) is 12.6 Å². The van der Waals surface area contributed by atoms with E-state index >= 15 is 0 Å². The van der Waals surface area contributed by atoms with E-state index in [4.69, 9.17) is 4.74 Å². The Morgan fingerprint density at radius 2 is 2.04 bits per heavy atom. The molecular formula is C17H18F3N3O4S. The summed E-state index contributed by atoms with van der Waals surface area (Å²) in [6.45, 7) is 2.13. The Hall–Kier alpha value is -2.29. The van der Waals surface area contributed by atoms with Crippen LogP contribution < -0.4 is 0 Å². The Bertz CT molecular complexity index is 900. The molecule has 1 saturated heterocycles. The Balaban J connectivity index is 1.77. The van der Waals surface area contributed by atoms with Crippen molar-refractivity contribution in [1.82, 2.24) is 9.80 Å². The first-order valence-corrected chi connectivity index (χ1v) is 9.86. The molecule has 0 amide bonds. The van der Waals surface area contributed by atoms with Gasteiger partial charge in [-0.2, -0.15) is 26.9 Å². The van der Waals surface area contributed by atoms with Crippen molar-refractivity contribution in [2.24, 2.45) is 0 Å². The third-order valence-corrected chi connectivity index (χ3v) is 5.41. The fraction of sp³-hybridized carbons (Fsp3) is 0.471. The topological polar surface area (TPSA) is 82.9 Å². The number of hydrogen-bond donors (Lipinski definition) is 0. The van der Waals surface area contributed by atoms with E-state index in [0.717, 1.165) is 11.4 Å². The van der Waals surface area contributed by atoms with Crippen molar-refractivity contribution < 1.29 is 30.5 Å². The molecule has 0 saturated carbocycles. The number of halogens is 3. The van der Waals surface area contributed by atoms with E-state index in [1.807, 2.05) is 28.0 Å². The third-order valence-electron chi connectivity index (χ3n) is 4.40. The first kappa shape index (κ1) is 20.4. The molecule has 28 heavy (non-hydrogen) atoms. The number of rotatable bonds is 4. The highest BCUT2D eigenvalue weighted by atomic mass is 32.2. The van der Waals surface area contributed by atoms with Gasteiger partial charge in [0.1, 0.15) is 17.9 Å². The van der Waals surface area contributed by atoms with E-state index < -0.39 is 28.3 Å². The Kier molecular flexibility index (Phi) is 5.56. The van der Waals surface area contributed by atoms with E-state index in [1.165, 1.54) is 0 Å². The Morgan fingerprint density at radius 1 is 1.29 bits per heavy atom. The second-order valence-electron chi connectivity index (χ2n) is 6.46. The number of ether oxygens (including phenoxy) is 1. The maximum atomic E-state index is 12.5. The minimum absolute atomic E-state index is 0.147. The van der Waals surface area contributed by atoms with Crippen LogP contribution in [0.1, 0.15) is 6.92 Å². The monoisotopic (exact) mass is 417 g/mol. The van der Waals surface area contributed by atoms with Crippen LogP contribution in [0, 0.1) is 11.3 Å². The predicted octanol–water partition coefficient (Wildman–Crippen LogP) is 2.00. The molecule has 0 radical (unpaired) electrons. The Morgan fingerprint density at radius 3 is 2.71 bits per heavy atom. The van der Waals surface area contributed by atoms with Crippen LogP contribution in [0.4, 0.5) is 13.2 Å². The van der Waals surface area contributed by atoms with Gasteiger partial charge in [0, 0.05) is 19.6 Å². The number of allylic oxidation sites excluding steroid dienone is 5. The maximum absolute atomic E-state index is 12.5. The summed E-state index contributed by atoms with van der Waals surface area (Å²) >= 11 is 0. The molecule has 3 aliphatic rings. The zero-order chi connectivity index (χ0) is 20.5. The summed E-state index contributed by atoms with van der Waals surface area (Å²) in [5.74, 6) is 0. The van der Waals surface area contributed by atoms with E-state index in [9.17, 15) is 26.9 Å². The number of fused-ring (bicyclic) bond motifs is 1. The van der Waals surface area contributed by atoms with Gasteiger partial charge in [-0.3, -0.25) is 4.18 Å². The molecule has 11 heteroatoms. The summed E-state index contributed by atoms with van der Waals surface area (Å²) < 4.78 is 69.3. The number of nitriles is 1. The van der Waals surface area contributed by atoms with Gasteiger partial charge in [-0.05, 0) is 25.2 Å². The number of hydrogen-bond acceptors (Lipinski definition) is 7. The van der Waals surface area contributed by atoms with Crippen molar-refractivity contribution in [3.05, 3.63) is 47.5 Å². The van der Waals surface area contributed by atoms with Gasteiger partial charge >= 0.3 is 15.6 Å². The second-order valence-corrected chi connectivity index (χ2v) is 8.07. The maximum Gasteiger partial charge on any atom is 0.523 e. The lowest BCUT2D eigenvalue weighted by Gasteiger charge is -2.42. The summed E-state index contributed by atoms with van der Waals surface area (Å²) in [5, 5.41) is 9.28. The SMILES string of the molecule is C[C@@H]1CN(C2=CC=C(C#N)N3CC=CC=C23)C[C@H](COS(=O)(=O)C(F)(F)F)O1. The van der Waals surface area contributed by atoms with Gasteiger partial charge in [0.25, 0.3) is 0 Å². The molecule has 0 bridgehead atoms. The number of morpholine rings is 1. The smallest absolute Gasteiger partial charge is 0.369 e. The largest absolute Gasteiger partial charge is 0.523 e. The minimum Gasteiger partial charge on any atom is -0.369 e. The standard InChI is InChI=1S/C17H18F3N3O4S/c1-12-9-22(10-14(27-12)11-26-28(24,25)17(18,19)20)15-6-5-13(8-21)23-7-3-2-4-16(15)23/h2-6,12,14H,7,9-11H2,1H3/t12-,14-/m1/s1. The Labute approximate surface area is 160 Å². The van der Waals surface area contributed by atoms with Crippen molar-refractivity contribution in [2.45, 2.75) is 24.6 Å². The zero-order valence-corrected chi connectivity index (χ0v) is 15.7. The first-order chi connectivity index (χ1) is 13.1. The third kappa shape index (κ3) is 4.09. The fourth-order valence-corrected chi connectivity index (χ4v) is 3.69. The van der Waals surface area contributed by atoms with Gasteiger partial charge in [0.15, 0.2) is 0 Å². The van der Waals surface area contributed by atoms with Crippen molar-refractivity contribution in [3.8, 4) is 6.07 Å². The molecule has 3 heterocycles. The predicted molar refractivity (Wildman–Crippen MR) is 92.5 cm³/mol. The second kappa shape index (κ2) is 7.62. The van der Waals surface area contributed by atoms with Crippen molar-refractivity contribution >= 4 is 10.1 Å². The summed E-state index contributed by atoms with van der Waals surface area (Å²) in [5.41, 5.74) is -3.42. The molecule has 1 fully saturated rings. The molecule has 0 spiro atoms. The molecule has 3 aliphatic heterocycles. The van der Waals surface area contributed by atoms with Gasteiger partial charge in [0.05, 0.1) is 24.1 Å². The first-order valence-electron chi connectivity index (χ1n) is 8.45. The lowest BCUT2D eigenvalue weighted by molar-refractivity contribution is -0.0898. The van der Waals surface area contributed by atoms with Crippen molar-refractivity contribution in [3.63, 3.8) is 0 Å². The van der Waals surface area contributed by atoms with Crippen molar-refractivity contribution in [2.75, 3.05) is 26.2 Å². The lowest BCUT2D eigenvalue weighted by Crippen LogP contribution is -2.49. The molecule has 0 aromatic rings. The van der Waals surface area contributed by atoms with Crippen LogP contribution in [-0.4, -0.2) is 62.2 Å². The fourth-order valence-electron chi connectivity index (χ4n) is 3.23. The van der Waals surface area contributed by atoms with E-state index in [1.54, 1.807) is 19.1 Å². The average Bonchev–Trinajstić information content (AvgIpc) is 2.64. The van der Waals surface area contributed by atoms with Crippen LogP contribution in [0.5, 0.6) is 0 Å². The molecule has 0 unspecified atom stereocenters.